The van der Waals surface area contributed by atoms with Gasteiger partial charge in [0.2, 0.25) is 0 Å². The standard InChI is InChI=1S/C11H15F2NO/c1-7(14)10(15)8-5-3-4-6-9(8)11(2,12)13/h3-7,10,15H,14H2,1-2H3. The fourth-order valence-corrected chi connectivity index (χ4v) is 1.44. The normalized spacial score (nSPS) is 16.1. The number of rotatable bonds is 3. The van der Waals surface area contributed by atoms with E-state index >= 15 is 0 Å². The van der Waals surface area contributed by atoms with Crippen molar-refractivity contribution in [2.24, 2.45) is 5.73 Å². The minimum atomic E-state index is -2.97. The summed E-state index contributed by atoms with van der Waals surface area (Å²) in [6, 6.07) is 5.33. The minimum absolute atomic E-state index is 0.171. The maximum absolute atomic E-state index is 13.2. The number of benzene rings is 1. The lowest BCUT2D eigenvalue weighted by Gasteiger charge is -2.21. The summed E-state index contributed by atoms with van der Waals surface area (Å²) < 4.78 is 26.4. The number of hydrogen-bond acceptors (Lipinski definition) is 2. The van der Waals surface area contributed by atoms with E-state index in [0.717, 1.165) is 6.92 Å². The monoisotopic (exact) mass is 215 g/mol. The molecule has 0 aliphatic heterocycles. The molecule has 84 valence electrons. The SMILES string of the molecule is CC(N)C(O)c1ccccc1C(C)(F)F. The number of hydrogen-bond donors (Lipinski definition) is 2. The molecule has 0 fully saturated rings. The number of aliphatic hydroxyl groups excluding tert-OH is 1. The number of aliphatic hydroxyl groups is 1. The van der Waals surface area contributed by atoms with Gasteiger partial charge in [0.25, 0.3) is 5.92 Å². The van der Waals surface area contributed by atoms with E-state index in [9.17, 15) is 13.9 Å². The Morgan fingerprint density at radius 3 is 2.33 bits per heavy atom. The van der Waals surface area contributed by atoms with Gasteiger partial charge in [-0.25, -0.2) is 8.78 Å². The summed E-state index contributed by atoms with van der Waals surface area (Å²) in [6.07, 6.45) is -1.06. The highest BCUT2D eigenvalue weighted by Gasteiger charge is 2.30. The van der Waals surface area contributed by atoms with Crippen molar-refractivity contribution in [2.45, 2.75) is 31.9 Å². The summed E-state index contributed by atoms with van der Waals surface area (Å²) >= 11 is 0. The molecule has 0 spiro atoms. The summed E-state index contributed by atoms with van der Waals surface area (Å²) in [6.45, 7) is 2.38. The van der Waals surface area contributed by atoms with Crippen molar-refractivity contribution < 1.29 is 13.9 Å². The maximum atomic E-state index is 13.2. The summed E-state index contributed by atoms with van der Waals surface area (Å²) in [4.78, 5) is 0. The first-order chi connectivity index (χ1) is 6.84. The average Bonchev–Trinajstić information content (AvgIpc) is 2.15. The molecule has 0 radical (unpaired) electrons. The van der Waals surface area contributed by atoms with Crippen LogP contribution in [-0.2, 0) is 5.92 Å². The molecular weight excluding hydrogens is 200 g/mol. The average molecular weight is 215 g/mol. The van der Waals surface area contributed by atoms with Crippen LogP contribution in [0.2, 0.25) is 0 Å². The molecule has 3 N–H and O–H groups in total. The second kappa shape index (κ2) is 4.24. The third-order valence-corrected chi connectivity index (χ3v) is 2.25. The molecule has 15 heavy (non-hydrogen) atoms. The molecule has 1 aromatic rings. The Hall–Kier alpha value is -1.00. The molecule has 0 heterocycles. The van der Waals surface area contributed by atoms with Crippen LogP contribution in [0.15, 0.2) is 24.3 Å². The molecule has 4 heteroatoms. The Labute approximate surface area is 87.7 Å². The van der Waals surface area contributed by atoms with Gasteiger partial charge in [0.15, 0.2) is 0 Å². The van der Waals surface area contributed by atoms with Crippen LogP contribution in [0.3, 0.4) is 0 Å². The van der Waals surface area contributed by atoms with E-state index in [0.29, 0.717) is 0 Å². The van der Waals surface area contributed by atoms with E-state index in [1.54, 1.807) is 13.0 Å². The van der Waals surface area contributed by atoms with E-state index in [-0.39, 0.29) is 11.1 Å². The molecule has 0 aromatic heterocycles. The van der Waals surface area contributed by atoms with E-state index in [1.807, 2.05) is 0 Å². The lowest BCUT2D eigenvalue weighted by atomic mass is 9.95. The van der Waals surface area contributed by atoms with Crippen LogP contribution >= 0.6 is 0 Å². The zero-order chi connectivity index (χ0) is 11.6. The zero-order valence-corrected chi connectivity index (χ0v) is 8.74. The quantitative estimate of drug-likeness (QED) is 0.811. The Balaban J connectivity index is 3.18. The van der Waals surface area contributed by atoms with Crippen molar-refractivity contribution in [3.8, 4) is 0 Å². The van der Waals surface area contributed by atoms with Gasteiger partial charge in [-0.05, 0) is 12.5 Å². The Kier molecular flexibility index (Phi) is 3.42. The van der Waals surface area contributed by atoms with Crippen molar-refractivity contribution >= 4 is 0 Å². The van der Waals surface area contributed by atoms with E-state index in [2.05, 4.69) is 0 Å². The summed E-state index contributed by atoms with van der Waals surface area (Å²) in [5.41, 5.74) is 5.51. The van der Waals surface area contributed by atoms with Crippen LogP contribution in [0.5, 0.6) is 0 Å². The van der Waals surface area contributed by atoms with Crippen LogP contribution in [0.25, 0.3) is 0 Å². The van der Waals surface area contributed by atoms with Gasteiger partial charge in [-0.15, -0.1) is 0 Å². The molecule has 0 aliphatic rings. The van der Waals surface area contributed by atoms with Crippen molar-refractivity contribution in [3.05, 3.63) is 35.4 Å². The first-order valence-corrected chi connectivity index (χ1v) is 4.75. The van der Waals surface area contributed by atoms with Gasteiger partial charge in [0, 0.05) is 18.5 Å². The van der Waals surface area contributed by atoms with Crippen molar-refractivity contribution in [1.82, 2.24) is 0 Å². The van der Waals surface area contributed by atoms with Gasteiger partial charge in [0.1, 0.15) is 0 Å². The van der Waals surface area contributed by atoms with E-state index < -0.39 is 18.1 Å². The molecule has 0 saturated heterocycles. The van der Waals surface area contributed by atoms with Crippen LogP contribution < -0.4 is 5.73 Å². The van der Waals surface area contributed by atoms with Crippen molar-refractivity contribution in [3.63, 3.8) is 0 Å². The van der Waals surface area contributed by atoms with Crippen molar-refractivity contribution in [1.29, 1.82) is 0 Å². The Morgan fingerprint density at radius 2 is 1.87 bits per heavy atom. The first kappa shape index (κ1) is 12.1. The lowest BCUT2D eigenvalue weighted by Crippen LogP contribution is -2.26. The molecule has 2 atom stereocenters. The number of alkyl halides is 2. The summed E-state index contributed by atoms with van der Waals surface area (Å²) in [5, 5.41) is 9.68. The van der Waals surface area contributed by atoms with Crippen LogP contribution in [-0.4, -0.2) is 11.1 Å². The predicted octanol–water partition coefficient (Wildman–Crippen LogP) is 2.18. The van der Waals surface area contributed by atoms with Gasteiger partial charge < -0.3 is 10.8 Å². The molecule has 1 rings (SSSR count). The molecule has 0 aliphatic carbocycles. The van der Waals surface area contributed by atoms with Crippen LogP contribution in [0.4, 0.5) is 8.78 Å². The number of nitrogens with two attached hydrogens (primary N) is 1. The third kappa shape index (κ3) is 2.73. The largest absolute Gasteiger partial charge is 0.387 e. The number of halogens is 2. The molecule has 0 amide bonds. The molecule has 0 saturated carbocycles. The highest BCUT2D eigenvalue weighted by atomic mass is 19.3. The van der Waals surface area contributed by atoms with Gasteiger partial charge in [-0.3, -0.25) is 0 Å². The predicted molar refractivity (Wildman–Crippen MR) is 54.6 cm³/mol. The first-order valence-electron chi connectivity index (χ1n) is 4.75. The van der Waals surface area contributed by atoms with Crippen molar-refractivity contribution in [2.75, 3.05) is 0 Å². The smallest absolute Gasteiger partial charge is 0.270 e. The van der Waals surface area contributed by atoms with Gasteiger partial charge in [-0.1, -0.05) is 24.3 Å². The lowest BCUT2D eigenvalue weighted by molar-refractivity contribution is 0.0131. The topological polar surface area (TPSA) is 46.2 Å². The summed E-state index contributed by atoms with van der Waals surface area (Å²) in [5.74, 6) is -2.97. The second-order valence-electron chi connectivity index (χ2n) is 3.78. The van der Waals surface area contributed by atoms with Gasteiger partial charge in [0.05, 0.1) is 6.10 Å². The maximum Gasteiger partial charge on any atom is 0.270 e. The van der Waals surface area contributed by atoms with Crippen LogP contribution in [0, 0.1) is 0 Å². The molecule has 0 bridgehead atoms. The highest BCUT2D eigenvalue weighted by Crippen LogP contribution is 2.33. The van der Waals surface area contributed by atoms with E-state index in [1.165, 1.54) is 18.2 Å². The fourth-order valence-electron chi connectivity index (χ4n) is 1.44. The Bertz CT molecular complexity index is 334. The molecular formula is C11H15F2NO. The Morgan fingerprint density at radius 1 is 1.33 bits per heavy atom. The molecule has 2 unspecified atom stereocenters. The molecule has 2 nitrogen and oxygen atoms in total. The minimum Gasteiger partial charge on any atom is -0.387 e. The van der Waals surface area contributed by atoms with Gasteiger partial charge >= 0.3 is 0 Å². The van der Waals surface area contributed by atoms with Crippen LogP contribution in [0.1, 0.15) is 31.1 Å². The molecule has 1 aromatic carbocycles. The second-order valence-corrected chi connectivity index (χ2v) is 3.78. The van der Waals surface area contributed by atoms with E-state index in [4.69, 9.17) is 5.73 Å². The van der Waals surface area contributed by atoms with Gasteiger partial charge in [-0.2, -0.15) is 0 Å². The third-order valence-electron chi connectivity index (χ3n) is 2.25. The zero-order valence-electron chi connectivity index (χ0n) is 8.74. The summed E-state index contributed by atoms with van der Waals surface area (Å²) in [7, 11) is 0. The highest BCUT2D eigenvalue weighted by molar-refractivity contribution is 5.32. The fraction of sp³-hybridized carbons (Fsp3) is 0.455.